The molecule has 0 saturated heterocycles. The van der Waals surface area contributed by atoms with Crippen LogP contribution in [0.1, 0.15) is 53.5 Å². The van der Waals surface area contributed by atoms with Gasteiger partial charge in [0.1, 0.15) is 11.4 Å². The minimum atomic E-state index is -0.223. The van der Waals surface area contributed by atoms with Crippen molar-refractivity contribution in [3.63, 3.8) is 0 Å². The summed E-state index contributed by atoms with van der Waals surface area (Å²) in [5.41, 5.74) is 2.12. The van der Waals surface area contributed by atoms with E-state index in [2.05, 4.69) is 20.6 Å². The first-order valence-electron chi connectivity index (χ1n) is 9.02. The molecule has 0 bridgehead atoms. The molecular formula is C19H21N5O3. The zero-order chi connectivity index (χ0) is 18.8. The molecule has 0 spiro atoms. The van der Waals surface area contributed by atoms with E-state index in [1.807, 2.05) is 31.2 Å². The molecule has 0 aliphatic heterocycles. The van der Waals surface area contributed by atoms with Crippen LogP contribution in [0.4, 0.5) is 0 Å². The third-order valence-corrected chi connectivity index (χ3v) is 4.57. The number of hydrogen-bond donors (Lipinski definition) is 1. The first-order valence-corrected chi connectivity index (χ1v) is 9.02. The molecule has 2 aromatic heterocycles. The normalized spacial score (nSPS) is 13.6. The van der Waals surface area contributed by atoms with Gasteiger partial charge in [-0.2, -0.15) is 5.10 Å². The highest BCUT2D eigenvalue weighted by Crippen LogP contribution is 2.38. The molecule has 1 aliphatic rings. The Morgan fingerprint density at radius 3 is 2.89 bits per heavy atom. The summed E-state index contributed by atoms with van der Waals surface area (Å²) in [6, 6.07) is 7.57. The lowest BCUT2D eigenvalue weighted by molar-refractivity contribution is 0.0946. The second kappa shape index (κ2) is 7.22. The van der Waals surface area contributed by atoms with Crippen LogP contribution in [0.5, 0.6) is 5.75 Å². The van der Waals surface area contributed by atoms with Crippen molar-refractivity contribution in [1.82, 2.24) is 25.3 Å². The Balaban J connectivity index is 1.52. The van der Waals surface area contributed by atoms with Gasteiger partial charge < -0.3 is 14.5 Å². The lowest BCUT2D eigenvalue weighted by atomic mass is 10.2. The smallest absolute Gasteiger partial charge is 0.255 e. The van der Waals surface area contributed by atoms with Crippen LogP contribution in [0.15, 0.2) is 34.9 Å². The Morgan fingerprint density at radius 1 is 1.33 bits per heavy atom. The first-order chi connectivity index (χ1) is 13.2. The number of para-hydroxylation sites is 2. The number of amides is 1. The monoisotopic (exact) mass is 367 g/mol. The third kappa shape index (κ3) is 3.42. The third-order valence-electron chi connectivity index (χ3n) is 4.57. The summed E-state index contributed by atoms with van der Waals surface area (Å²) >= 11 is 0. The summed E-state index contributed by atoms with van der Waals surface area (Å²) in [7, 11) is 1.61. The molecule has 3 aromatic rings. The van der Waals surface area contributed by atoms with E-state index in [1.54, 1.807) is 18.0 Å². The van der Waals surface area contributed by atoms with E-state index in [4.69, 9.17) is 9.15 Å². The molecule has 1 saturated carbocycles. The van der Waals surface area contributed by atoms with E-state index in [1.165, 1.54) is 0 Å². The Kier molecular flexibility index (Phi) is 4.62. The van der Waals surface area contributed by atoms with Crippen molar-refractivity contribution in [3.8, 4) is 11.4 Å². The topological polar surface area (TPSA) is 95.1 Å². The van der Waals surface area contributed by atoms with Gasteiger partial charge in [0.2, 0.25) is 11.8 Å². The van der Waals surface area contributed by atoms with E-state index in [0.717, 1.165) is 24.2 Å². The number of ether oxygens (including phenoxy) is 1. The van der Waals surface area contributed by atoms with Gasteiger partial charge in [0.15, 0.2) is 0 Å². The van der Waals surface area contributed by atoms with E-state index in [0.29, 0.717) is 35.4 Å². The fraction of sp³-hybridized carbons (Fsp3) is 0.368. The lowest BCUT2D eigenvalue weighted by Gasteiger charge is -2.11. The Bertz CT molecular complexity index is 958. The van der Waals surface area contributed by atoms with Crippen LogP contribution in [0, 0.1) is 0 Å². The molecule has 1 fully saturated rings. The number of methoxy groups -OCH3 is 1. The van der Waals surface area contributed by atoms with Crippen LogP contribution in [0.2, 0.25) is 0 Å². The maximum Gasteiger partial charge on any atom is 0.255 e. The quantitative estimate of drug-likeness (QED) is 0.690. The molecule has 27 heavy (non-hydrogen) atoms. The molecule has 4 rings (SSSR count). The zero-order valence-corrected chi connectivity index (χ0v) is 15.3. The van der Waals surface area contributed by atoms with Gasteiger partial charge in [-0.15, -0.1) is 10.2 Å². The summed E-state index contributed by atoms with van der Waals surface area (Å²) in [5.74, 6) is 1.95. The molecule has 0 radical (unpaired) electrons. The molecule has 140 valence electrons. The SMILES string of the molecule is CCc1c(C(=O)NCc2nnc(C3CC3)o2)cnn1-c1ccccc1OC. The molecule has 8 nitrogen and oxygen atoms in total. The van der Waals surface area contributed by atoms with Crippen molar-refractivity contribution >= 4 is 5.91 Å². The molecular weight excluding hydrogens is 346 g/mol. The minimum Gasteiger partial charge on any atom is -0.494 e. The van der Waals surface area contributed by atoms with Gasteiger partial charge in [0.25, 0.3) is 5.91 Å². The number of nitrogens with zero attached hydrogens (tertiary/aromatic N) is 4. The van der Waals surface area contributed by atoms with Gasteiger partial charge in [-0.05, 0) is 31.4 Å². The zero-order valence-electron chi connectivity index (χ0n) is 15.3. The van der Waals surface area contributed by atoms with Crippen LogP contribution in [-0.2, 0) is 13.0 Å². The van der Waals surface area contributed by atoms with Crippen molar-refractivity contribution in [2.24, 2.45) is 0 Å². The van der Waals surface area contributed by atoms with Crippen molar-refractivity contribution in [2.75, 3.05) is 7.11 Å². The summed E-state index contributed by atoms with van der Waals surface area (Å²) in [4.78, 5) is 12.7. The fourth-order valence-electron chi connectivity index (χ4n) is 3.00. The van der Waals surface area contributed by atoms with Crippen LogP contribution in [0.3, 0.4) is 0 Å². The number of carbonyl (C=O) groups is 1. The number of rotatable bonds is 7. The fourth-order valence-corrected chi connectivity index (χ4v) is 3.00. The molecule has 1 aromatic carbocycles. The highest BCUT2D eigenvalue weighted by molar-refractivity contribution is 5.95. The molecule has 2 heterocycles. The number of carbonyl (C=O) groups excluding carboxylic acids is 1. The molecule has 8 heteroatoms. The Hall–Kier alpha value is -3.16. The van der Waals surface area contributed by atoms with Gasteiger partial charge >= 0.3 is 0 Å². The molecule has 0 atom stereocenters. The van der Waals surface area contributed by atoms with Crippen molar-refractivity contribution in [1.29, 1.82) is 0 Å². The first kappa shape index (κ1) is 17.3. The van der Waals surface area contributed by atoms with Crippen LogP contribution >= 0.6 is 0 Å². The molecule has 1 aliphatic carbocycles. The van der Waals surface area contributed by atoms with Crippen LogP contribution in [-0.4, -0.2) is 33.0 Å². The van der Waals surface area contributed by atoms with Gasteiger partial charge in [-0.3, -0.25) is 4.79 Å². The summed E-state index contributed by atoms with van der Waals surface area (Å²) < 4.78 is 12.7. The van der Waals surface area contributed by atoms with E-state index < -0.39 is 0 Å². The predicted octanol–water partition coefficient (Wildman–Crippen LogP) is 2.63. The van der Waals surface area contributed by atoms with E-state index >= 15 is 0 Å². The lowest BCUT2D eigenvalue weighted by Crippen LogP contribution is -2.24. The Morgan fingerprint density at radius 2 is 2.15 bits per heavy atom. The van der Waals surface area contributed by atoms with Crippen molar-refractivity contribution in [3.05, 3.63) is 53.5 Å². The minimum absolute atomic E-state index is 0.196. The average molecular weight is 367 g/mol. The molecule has 1 amide bonds. The van der Waals surface area contributed by atoms with Crippen LogP contribution < -0.4 is 10.1 Å². The second-order valence-corrected chi connectivity index (χ2v) is 6.43. The summed E-state index contributed by atoms with van der Waals surface area (Å²) in [6.07, 6.45) is 4.41. The summed E-state index contributed by atoms with van der Waals surface area (Å²) in [5, 5.41) is 15.3. The largest absolute Gasteiger partial charge is 0.494 e. The predicted molar refractivity (Wildman–Crippen MR) is 96.9 cm³/mol. The van der Waals surface area contributed by atoms with Gasteiger partial charge in [-0.1, -0.05) is 19.1 Å². The number of benzene rings is 1. The highest BCUT2D eigenvalue weighted by Gasteiger charge is 2.29. The van der Waals surface area contributed by atoms with Gasteiger partial charge in [0.05, 0.1) is 31.1 Å². The Labute approximate surface area is 156 Å². The standard InChI is InChI=1S/C19H21N5O3/c1-3-14-13(10-21-24(14)15-6-4-5-7-16(15)26-2)18(25)20-11-17-22-23-19(27-17)12-8-9-12/h4-7,10,12H,3,8-9,11H2,1-2H3,(H,20,25). The maximum atomic E-state index is 12.7. The maximum absolute atomic E-state index is 12.7. The van der Waals surface area contributed by atoms with Crippen LogP contribution in [0.25, 0.3) is 5.69 Å². The number of hydrogen-bond acceptors (Lipinski definition) is 6. The summed E-state index contributed by atoms with van der Waals surface area (Å²) in [6.45, 7) is 2.18. The van der Waals surface area contributed by atoms with Gasteiger partial charge in [-0.25, -0.2) is 4.68 Å². The van der Waals surface area contributed by atoms with Crippen molar-refractivity contribution < 1.29 is 13.9 Å². The number of aromatic nitrogens is 4. The van der Waals surface area contributed by atoms with Crippen molar-refractivity contribution in [2.45, 2.75) is 38.6 Å². The highest BCUT2D eigenvalue weighted by atomic mass is 16.5. The second-order valence-electron chi connectivity index (χ2n) is 6.43. The van der Waals surface area contributed by atoms with E-state index in [-0.39, 0.29) is 12.5 Å². The molecule has 0 unspecified atom stereocenters. The van der Waals surface area contributed by atoms with E-state index in [9.17, 15) is 4.79 Å². The number of nitrogens with one attached hydrogen (secondary N) is 1. The van der Waals surface area contributed by atoms with Gasteiger partial charge in [0, 0.05) is 5.92 Å². The average Bonchev–Trinajstić information content (AvgIpc) is 3.29. The molecule has 1 N–H and O–H groups in total.